The summed E-state index contributed by atoms with van der Waals surface area (Å²) in [6, 6.07) is 1.84. The van der Waals surface area contributed by atoms with Gasteiger partial charge in [-0.25, -0.2) is 0 Å². The number of aryl methyl sites for hydroxylation is 1. The molecule has 2 saturated heterocycles. The summed E-state index contributed by atoms with van der Waals surface area (Å²) in [6.07, 6.45) is 8.37. The first-order valence-corrected chi connectivity index (χ1v) is 8.89. The molecule has 0 saturated carbocycles. The minimum Gasteiger partial charge on any atom is -0.329 e. The molecule has 4 rings (SSSR count). The van der Waals surface area contributed by atoms with Crippen LogP contribution >= 0.6 is 0 Å². The first-order chi connectivity index (χ1) is 12.6. The van der Waals surface area contributed by atoms with Gasteiger partial charge in [-0.2, -0.15) is 10.2 Å². The van der Waals surface area contributed by atoms with Gasteiger partial charge in [-0.1, -0.05) is 0 Å². The van der Waals surface area contributed by atoms with Gasteiger partial charge in [0.2, 0.25) is 5.91 Å². The molecule has 4 heterocycles. The Morgan fingerprint density at radius 2 is 2.04 bits per heavy atom. The van der Waals surface area contributed by atoms with E-state index in [1.165, 1.54) is 0 Å². The summed E-state index contributed by atoms with van der Waals surface area (Å²) in [5.74, 6) is -0.0935. The minimum atomic E-state index is -0.703. The standard InChI is InChI=1S/C17H23N7O2/c1-21-12-14(11-20-21)23-10-9-22(13-15(23)25)16(26)17(3-6-18-7-4-17)24-8-2-5-19-24/h2,5,8,11-12,18H,3-4,6-7,9-10,13H2,1H3. The van der Waals surface area contributed by atoms with Crippen molar-refractivity contribution in [1.82, 2.24) is 29.8 Å². The van der Waals surface area contributed by atoms with Gasteiger partial charge in [0.15, 0.2) is 0 Å². The fourth-order valence-electron chi connectivity index (χ4n) is 3.86. The lowest BCUT2D eigenvalue weighted by molar-refractivity contribution is -0.146. The van der Waals surface area contributed by atoms with Crippen molar-refractivity contribution in [1.29, 1.82) is 0 Å². The van der Waals surface area contributed by atoms with Gasteiger partial charge in [-0.15, -0.1) is 0 Å². The zero-order chi connectivity index (χ0) is 18.1. The van der Waals surface area contributed by atoms with Crippen LogP contribution in [0.15, 0.2) is 30.9 Å². The predicted octanol–water partition coefficient (Wildman–Crippen LogP) is -0.429. The summed E-state index contributed by atoms with van der Waals surface area (Å²) in [5.41, 5.74) is 0.0687. The molecule has 2 amide bonds. The summed E-state index contributed by atoms with van der Waals surface area (Å²) in [4.78, 5) is 29.4. The Bertz CT molecular complexity index is 792. The number of nitrogens with zero attached hydrogens (tertiary/aromatic N) is 6. The van der Waals surface area contributed by atoms with Crippen LogP contribution < -0.4 is 10.2 Å². The van der Waals surface area contributed by atoms with E-state index in [0.29, 0.717) is 25.9 Å². The fourth-order valence-corrected chi connectivity index (χ4v) is 3.86. The Kier molecular flexibility index (Phi) is 4.23. The summed E-state index contributed by atoms with van der Waals surface area (Å²) in [6.45, 7) is 2.59. The van der Waals surface area contributed by atoms with Crippen LogP contribution in [0.3, 0.4) is 0 Å². The molecule has 2 aliphatic rings. The summed E-state index contributed by atoms with van der Waals surface area (Å²) in [5, 5.41) is 11.8. The fraction of sp³-hybridized carbons (Fsp3) is 0.529. The molecular weight excluding hydrogens is 334 g/mol. The molecule has 138 valence electrons. The maximum Gasteiger partial charge on any atom is 0.251 e. The van der Waals surface area contributed by atoms with Crippen molar-refractivity contribution in [2.75, 3.05) is 37.6 Å². The molecule has 0 spiro atoms. The highest BCUT2D eigenvalue weighted by Gasteiger charge is 2.45. The van der Waals surface area contributed by atoms with Gasteiger partial charge in [0, 0.05) is 38.7 Å². The lowest BCUT2D eigenvalue weighted by atomic mass is 9.86. The van der Waals surface area contributed by atoms with E-state index in [0.717, 1.165) is 18.8 Å². The van der Waals surface area contributed by atoms with Crippen molar-refractivity contribution in [3.63, 3.8) is 0 Å². The van der Waals surface area contributed by atoms with E-state index in [1.807, 2.05) is 25.5 Å². The molecule has 0 aromatic carbocycles. The number of nitrogens with one attached hydrogen (secondary N) is 1. The van der Waals surface area contributed by atoms with E-state index >= 15 is 0 Å². The molecule has 2 aromatic rings. The molecule has 9 heteroatoms. The molecule has 0 radical (unpaired) electrons. The summed E-state index contributed by atoms with van der Waals surface area (Å²) >= 11 is 0. The van der Waals surface area contributed by atoms with Crippen LogP contribution in [0.4, 0.5) is 5.69 Å². The third-order valence-electron chi connectivity index (χ3n) is 5.28. The number of rotatable bonds is 3. The Labute approximate surface area is 151 Å². The normalized spacial score (nSPS) is 20.4. The van der Waals surface area contributed by atoms with Crippen molar-refractivity contribution < 1.29 is 9.59 Å². The van der Waals surface area contributed by atoms with Crippen molar-refractivity contribution in [2.45, 2.75) is 18.4 Å². The van der Waals surface area contributed by atoms with Gasteiger partial charge in [0.05, 0.1) is 11.9 Å². The van der Waals surface area contributed by atoms with Crippen LogP contribution in [0.5, 0.6) is 0 Å². The van der Waals surface area contributed by atoms with E-state index in [1.54, 1.807) is 31.6 Å². The second-order valence-electron chi connectivity index (χ2n) is 6.88. The monoisotopic (exact) mass is 357 g/mol. The smallest absolute Gasteiger partial charge is 0.251 e. The zero-order valence-electron chi connectivity index (χ0n) is 14.8. The number of piperazine rings is 1. The number of carbonyl (C=O) groups is 2. The van der Waals surface area contributed by atoms with Crippen LogP contribution in [-0.4, -0.2) is 69.0 Å². The van der Waals surface area contributed by atoms with Crippen molar-refractivity contribution in [2.24, 2.45) is 7.05 Å². The molecule has 2 fully saturated rings. The summed E-state index contributed by atoms with van der Waals surface area (Å²) in [7, 11) is 1.82. The highest BCUT2D eigenvalue weighted by molar-refractivity contribution is 5.98. The molecule has 0 unspecified atom stereocenters. The average molecular weight is 357 g/mol. The van der Waals surface area contributed by atoms with Crippen LogP contribution in [-0.2, 0) is 22.2 Å². The predicted molar refractivity (Wildman–Crippen MR) is 94.4 cm³/mol. The van der Waals surface area contributed by atoms with Gasteiger partial charge in [0.25, 0.3) is 5.91 Å². The van der Waals surface area contributed by atoms with E-state index in [4.69, 9.17) is 0 Å². The first-order valence-electron chi connectivity index (χ1n) is 8.89. The molecule has 9 nitrogen and oxygen atoms in total. The van der Waals surface area contributed by atoms with E-state index in [2.05, 4.69) is 15.5 Å². The van der Waals surface area contributed by atoms with Gasteiger partial charge in [-0.3, -0.25) is 19.0 Å². The number of hydrogen-bond acceptors (Lipinski definition) is 5. The van der Waals surface area contributed by atoms with E-state index < -0.39 is 5.54 Å². The molecule has 1 N–H and O–H groups in total. The van der Waals surface area contributed by atoms with Gasteiger partial charge < -0.3 is 15.1 Å². The Morgan fingerprint density at radius 1 is 1.23 bits per heavy atom. The largest absolute Gasteiger partial charge is 0.329 e. The van der Waals surface area contributed by atoms with Crippen molar-refractivity contribution >= 4 is 17.5 Å². The molecule has 2 aromatic heterocycles. The number of aromatic nitrogens is 4. The lowest BCUT2D eigenvalue weighted by Crippen LogP contribution is -2.60. The van der Waals surface area contributed by atoms with Gasteiger partial charge in [0.1, 0.15) is 12.1 Å². The minimum absolute atomic E-state index is 0.0121. The Balaban J connectivity index is 1.54. The number of piperidine rings is 1. The number of carbonyl (C=O) groups excluding carboxylic acids is 2. The van der Waals surface area contributed by atoms with Gasteiger partial charge in [-0.05, 0) is 32.0 Å². The number of anilines is 1. The van der Waals surface area contributed by atoms with Gasteiger partial charge >= 0.3 is 0 Å². The van der Waals surface area contributed by atoms with E-state index in [-0.39, 0.29) is 18.4 Å². The van der Waals surface area contributed by atoms with Crippen LogP contribution in [0.1, 0.15) is 12.8 Å². The molecule has 0 bridgehead atoms. The number of hydrogen-bond donors (Lipinski definition) is 1. The maximum absolute atomic E-state index is 13.4. The molecule has 0 aliphatic carbocycles. The molecule has 26 heavy (non-hydrogen) atoms. The Morgan fingerprint density at radius 3 is 2.65 bits per heavy atom. The lowest BCUT2D eigenvalue weighted by Gasteiger charge is -2.42. The Hall–Kier alpha value is -2.68. The van der Waals surface area contributed by atoms with Crippen molar-refractivity contribution in [3.8, 4) is 0 Å². The first kappa shape index (κ1) is 16.8. The average Bonchev–Trinajstić information content (AvgIpc) is 3.34. The molecule has 0 atom stereocenters. The number of amides is 2. The highest BCUT2D eigenvalue weighted by Crippen LogP contribution is 2.30. The topological polar surface area (TPSA) is 88.3 Å². The SMILES string of the molecule is Cn1cc(N2CCN(C(=O)C3(n4cccn4)CCNCC3)CC2=O)cn1. The highest BCUT2D eigenvalue weighted by atomic mass is 16.2. The van der Waals surface area contributed by atoms with Crippen LogP contribution in [0, 0.1) is 0 Å². The second-order valence-corrected chi connectivity index (χ2v) is 6.88. The second kappa shape index (κ2) is 6.56. The third-order valence-corrected chi connectivity index (χ3v) is 5.28. The molecule has 2 aliphatic heterocycles. The van der Waals surface area contributed by atoms with E-state index in [9.17, 15) is 9.59 Å². The quantitative estimate of drug-likeness (QED) is 0.805. The third kappa shape index (κ3) is 2.78. The maximum atomic E-state index is 13.4. The molecular formula is C17H23N7O2. The summed E-state index contributed by atoms with van der Waals surface area (Å²) < 4.78 is 3.44. The van der Waals surface area contributed by atoms with Crippen molar-refractivity contribution in [3.05, 3.63) is 30.9 Å². The van der Waals surface area contributed by atoms with Crippen LogP contribution in [0.25, 0.3) is 0 Å². The van der Waals surface area contributed by atoms with Crippen LogP contribution in [0.2, 0.25) is 0 Å². The zero-order valence-corrected chi connectivity index (χ0v) is 14.8.